The third-order valence-electron chi connectivity index (χ3n) is 4.55. The molecule has 0 amide bonds. The standard InChI is InChI=1S/C19H28N4O4/c1-21-17(14-18(25)22(2)19(21)26)20-9-11-23(12-13-24)10-8-15-4-6-16(27-3)7-5-15/h4-7,14,20,24H,8-13H2,1-3H3. The molecule has 0 bridgehead atoms. The van der Waals surface area contributed by atoms with E-state index < -0.39 is 0 Å². The molecule has 0 unspecified atom stereocenters. The van der Waals surface area contributed by atoms with Crippen LogP contribution in [0.2, 0.25) is 0 Å². The molecule has 8 nitrogen and oxygen atoms in total. The topological polar surface area (TPSA) is 88.7 Å². The van der Waals surface area contributed by atoms with Crippen LogP contribution in [-0.4, -0.2) is 59.0 Å². The summed E-state index contributed by atoms with van der Waals surface area (Å²) >= 11 is 0. The summed E-state index contributed by atoms with van der Waals surface area (Å²) < 4.78 is 7.64. The van der Waals surface area contributed by atoms with E-state index in [4.69, 9.17) is 4.74 Å². The fourth-order valence-corrected chi connectivity index (χ4v) is 2.80. The second kappa shape index (κ2) is 9.94. The van der Waals surface area contributed by atoms with E-state index in [0.29, 0.717) is 25.5 Å². The molecule has 148 valence electrons. The van der Waals surface area contributed by atoms with Gasteiger partial charge in [-0.15, -0.1) is 0 Å². The number of benzene rings is 1. The van der Waals surface area contributed by atoms with Gasteiger partial charge in [0, 0.05) is 46.3 Å². The number of anilines is 1. The first-order chi connectivity index (χ1) is 13.0. The van der Waals surface area contributed by atoms with Gasteiger partial charge in [-0.1, -0.05) is 12.1 Å². The molecule has 2 rings (SSSR count). The number of hydrogen-bond donors (Lipinski definition) is 2. The molecule has 0 aliphatic carbocycles. The van der Waals surface area contributed by atoms with E-state index in [1.807, 2.05) is 24.3 Å². The van der Waals surface area contributed by atoms with Crippen LogP contribution in [0.25, 0.3) is 0 Å². The van der Waals surface area contributed by atoms with Gasteiger partial charge in [0.15, 0.2) is 0 Å². The number of nitrogens with one attached hydrogen (secondary N) is 1. The molecule has 0 atom stereocenters. The van der Waals surface area contributed by atoms with Crippen molar-refractivity contribution in [2.75, 3.05) is 45.2 Å². The van der Waals surface area contributed by atoms with Crippen molar-refractivity contribution in [1.29, 1.82) is 0 Å². The minimum Gasteiger partial charge on any atom is -0.497 e. The number of hydrogen-bond acceptors (Lipinski definition) is 6. The lowest BCUT2D eigenvalue weighted by Gasteiger charge is -2.22. The summed E-state index contributed by atoms with van der Waals surface area (Å²) in [7, 11) is 4.72. The summed E-state index contributed by atoms with van der Waals surface area (Å²) in [5.41, 5.74) is 0.490. The van der Waals surface area contributed by atoms with E-state index >= 15 is 0 Å². The van der Waals surface area contributed by atoms with Crippen molar-refractivity contribution in [3.63, 3.8) is 0 Å². The molecule has 2 aromatic rings. The Kier molecular flexibility index (Phi) is 7.63. The maximum absolute atomic E-state index is 11.9. The monoisotopic (exact) mass is 376 g/mol. The lowest BCUT2D eigenvalue weighted by Crippen LogP contribution is -2.38. The Hall–Kier alpha value is -2.58. The van der Waals surface area contributed by atoms with Crippen LogP contribution in [-0.2, 0) is 20.5 Å². The lowest BCUT2D eigenvalue weighted by molar-refractivity contribution is 0.201. The van der Waals surface area contributed by atoms with Crippen molar-refractivity contribution < 1.29 is 9.84 Å². The van der Waals surface area contributed by atoms with Crippen LogP contribution >= 0.6 is 0 Å². The first-order valence-electron chi connectivity index (χ1n) is 8.93. The Morgan fingerprint density at radius 3 is 2.41 bits per heavy atom. The first-order valence-corrected chi connectivity index (χ1v) is 8.93. The Labute approximate surface area is 158 Å². The van der Waals surface area contributed by atoms with E-state index in [-0.39, 0.29) is 17.9 Å². The third kappa shape index (κ3) is 5.70. The van der Waals surface area contributed by atoms with Gasteiger partial charge in [-0.3, -0.25) is 18.8 Å². The van der Waals surface area contributed by atoms with E-state index in [9.17, 15) is 14.7 Å². The maximum Gasteiger partial charge on any atom is 0.332 e. The minimum atomic E-state index is -0.364. The molecule has 0 fully saturated rings. The highest BCUT2D eigenvalue weighted by atomic mass is 16.5. The zero-order valence-corrected chi connectivity index (χ0v) is 16.1. The van der Waals surface area contributed by atoms with Gasteiger partial charge in [0.25, 0.3) is 5.56 Å². The first kappa shape index (κ1) is 20.7. The van der Waals surface area contributed by atoms with Crippen LogP contribution in [0.4, 0.5) is 5.82 Å². The van der Waals surface area contributed by atoms with Crippen molar-refractivity contribution >= 4 is 5.82 Å². The fraction of sp³-hybridized carbons (Fsp3) is 0.474. The van der Waals surface area contributed by atoms with Gasteiger partial charge < -0.3 is 15.2 Å². The van der Waals surface area contributed by atoms with Crippen LogP contribution in [0.3, 0.4) is 0 Å². The average Bonchev–Trinajstić information content (AvgIpc) is 2.68. The van der Waals surface area contributed by atoms with E-state index in [2.05, 4.69) is 10.2 Å². The molecule has 0 saturated carbocycles. The summed E-state index contributed by atoms with van der Waals surface area (Å²) in [6.45, 7) is 2.67. The van der Waals surface area contributed by atoms with Gasteiger partial charge in [0.1, 0.15) is 11.6 Å². The lowest BCUT2D eigenvalue weighted by atomic mass is 10.1. The second-order valence-electron chi connectivity index (χ2n) is 6.36. The van der Waals surface area contributed by atoms with Crippen LogP contribution in [0.1, 0.15) is 5.56 Å². The predicted octanol–water partition coefficient (Wildman–Crippen LogP) is 0.0415. The zero-order valence-electron chi connectivity index (χ0n) is 16.1. The van der Waals surface area contributed by atoms with E-state index in [0.717, 1.165) is 23.3 Å². The largest absolute Gasteiger partial charge is 0.497 e. The third-order valence-corrected chi connectivity index (χ3v) is 4.55. The Bertz CT molecular complexity index is 842. The molecular weight excluding hydrogens is 348 g/mol. The number of methoxy groups -OCH3 is 1. The van der Waals surface area contributed by atoms with Crippen molar-refractivity contribution in [2.45, 2.75) is 6.42 Å². The SMILES string of the molecule is COc1ccc(CCN(CCO)CCNc2cc(=O)n(C)c(=O)n2C)cc1. The summed E-state index contributed by atoms with van der Waals surface area (Å²) in [4.78, 5) is 25.9. The summed E-state index contributed by atoms with van der Waals surface area (Å²) in [5.74, 6) is 1.32. The van der Waals surface area contributed by atoms with Gasteiger partial charge in [-0.05, 0) is 24.1 Å². The summed E-state index contributed by atoms with van der Waals surface area (Å²) in [6.07, 6.45) is 0.856. The Morgan fingerprint density at radius 1 is 1.07 bits per heavy atom. The molecule has 1 heterocycles. The quantitative estimate of drug-likeness (QED) is 0.609. The molecule has 0 spiro atoms. The van der Waals surface area contributed by atoms with Crippen molar-refractivity contribution in [3.8, 4) is 5.75 Å². The molecule has 1 aromatic heterocycles. The normalized spacial score (nSPS) is 11.0. The smallest absolute Gasteiger partial charge is 0.332 e. The van der Waals surface area contributed by atoms with Crippen LogP contribution in [0, 0.1) is 0 Å². The Balaban J connectivity index is 1.90. The number of aliphatic hydroxyl groups excluding tert-OH is 1. The molecule has 0 aliphatic rings. The van der Waals surface area contributed by atoms with Crippen LogP contribution in [0.15, 0.2) is 39.9 Å². The van der Waals surface area contributed by atoms with Gasteiger partial charge in [0.2, 0.25) is 0 Å². The number of nitrogens with zero attached hydrogens (tertiary/aromatic N) is 3. The number of aliphatic hydroxyl groups is 1. The predicted molar refractivity (Wildman–Crippen MR) is 106 cm³/mol. The van der Waals surface area contributed by atoms with E-state index in [1.165, 1.54) is 23.2 Å². The molecule has 2 N–H and O–H groups in total. The zero-order chi connectivity index (χ0) is 19.8. The van der Waals surface area contributed by atoms with Crippen LogP contribution < -0.4 is 21.3 Å². The highest BCUT2D eigenvalue weighted by Gasteiger charge is 2.08. The van der Waals surface area contributed by atoms with Crippen LogP contribution in [0.5, 0.6) is 5.75 Å². The average molecular weight is 376 g/mol. The second-order valence-corrected chi connectivity index (χ2v) is 6.36. The van der Waals surface area contributed by atoms with Gasteiger partial charge in [-0.25, -0.2) is 4.79 Å². The van der Waals surface area contributed by atoms with Gasteiger partial charge in [0.05, 0.1) is 13.7 Å². The summed E-state index contributed by atoms with van der Waals surface area (Å²) in [6, 6.07) is 9.34. The highest BCUT2D eigenvalue weighted by Crippen LogP contribution is 2.12. The molecule has 27 heavy (non-hydrogen) atoms. The summed E-state index contributed by atoms with van der Waals surface area (Å²) in [5, 5.41) is 12.4. The number of aromatic nitrogens is 2. The van der Waals surface area contributed by atoms with Crippen molar-refractivity contribution in [1.82, 2.24) is 14.0 Å². The fourth-order valence-electron chi connectivity index (χ4n) is 2.80. The number of ether oxygens (including phenoxy) is 1. The highest BCUT2D eigenvalue weighted by molar-refractivity contribution is 5.33. The molecule has 0 aliphatic heterocycles. The number of rotatable bonds is 10. The molecule has 0 radical (unpaired) electrons. The van der Waals surface area contributed by atoms with E-state index in [1.54, 1.807) is 14.2 Å². The molecule has 1 aromatic carbocycles. The van der Waals surface area contributed by atoms with Crippen molar-refractivity contribution in [2.24, 2.45) is 14.1 Å². The maximum atomic E-state index is 11.9. The molecular formula is C19H28N4O4. The Morgan fingerprint density at radius 2 is 1.78 bits per heavy atom. The molecule has 0 saturated heterocycles. The minimum absolute atomic E-state index is 0.0764. The molecule has 8 heteroatoms. The van der Waals surface area contributed by atoms with Crippen molar-refractivity contribution in [3.05, 3.63) is 56.7 Å². The van der Waals surface area contributed by atoms with Gasteiger partial charge in [-0.2, -0.15) is 0 Å². The van der Waals surface area contributed by atoms with Gasteiger partial charge >= 0.3 is 5.69 Å².